The smallest absolute Gasteiger partial charge is 0.127 e. The van der Waals surface area contributed by atoms with Crippen LogP contribution in [0.3, 0.4) is 0 Å². The van der Waals surface area contributed by atoms with E-state index >= 15 is 0 Å². The lowest BCUT2D eigenvalue weighted by Crippen LogP contribution is -2.15. The fourth-order valence-electron chi connectivity index (χ4n) is 1.46. The third-order valence-electron chi connectivity index (χ3n) is 2.37. The standard InChI is InChI=1S/C10H12Cl2N4/c1-16-7(4-8(11)10(16)12)5-13-6-9-14-2-3-15-9/h2-4,13H,5-6H2,1H3,(H,14,15). The summed E-state index contributed by atoms with van der Waals surface area (Å²) in [7, 11) is 1.89. The van der Waals surface area contributed by atoms with Crippen molar-refractivity contribution in [1.82, 2.24) is 19.9 Å². The Bertz CT molecular complexity index is 461. The van der Waals surface area contributed by atoms with Gasteiger partial charge in [0.15, 0.2) is 0 Å². The van der Waals surface area contributed by atoms with E-state index in [9.17, 15) is 0 Å². The van der Waals surface area contributed by atoms with Crippen molar-refractivity contribution < 1.29 is 0 Å². The van der Waals surface area contributed by atoms with Crippen LogP contribution in [0.4, 0.5) is 0 Å². The zero-order valence-electron chi connectivity index (χ0n) is 8.80. The van der Waals surface area contributed by atoms with E-state index in [0.29, 0.717) is 23.3 Å². The number of aromatic nitrogens is 3. The molecule has 0 aliphatic carbocycles. The lowest BCUT2D eigenvalue weighted by atomic mass is 10.4. The van der Waals surface area contributed by atoms with Gasteiger partial charge < -0.3 is 14.9 Å². The Morgan fingerprint density at radius 1 is 1.44 bits per heavy atom. The summed E-state index contributed by atoms with van der Waals surface area (Å²) in [5.41, 5.74) is 1.04. The zero-order chi connectivity index (χ0) is 11.5. The summed E-state index contributed by atoms with van der Waals surface area (Å²) in [6.07, 6.45) is 3.53. The maximum absolute atomic E-state index is 5.96. The third-order valence-corrected chi connectivity index (χ3v) is 3.21. The Morgan fingerprint density at radius 2 is 2.25 bits per heavy atom. The summed E-state index contributed by atoms with van der Waals surface area (Å²) >= 11 is 11.9. The molecule has 16 heavy (non-hydrogen) atoms. The first-order valence-electron chi connectivity index (χ1n) is 4.87. The molecule has 0 saturated heterocycles. The van der Waals surface area contributed by atoms with E-state index in [1.165, 1.54) is 0 Å². The van der Waals surface area contributed by atoms with E-state index in [2.05, 4.69) is 15.3 Å². The van der Waals surface area contributed by atoms with Crippen LogP contribution in [0.25, 0.3) is 0 Å². The van der Waals surface area contributed by atoms with Gasteiger partial charge in [-0.25, -0.2) is 4.98 Å². The van der Waals surface area contributed by atoms with Crippen LogP contribution in [0, 0.1) is 0 Å². The number of hydrogen-bond donors (Lipinski definition) is 2. The molecule has 0 spiro atoms. The molecule has 0 bridgehead atoms. The van der Waals surface area contributed by atoms with Gasteiger partial charge in [-0.15, -0.1) is 0 Å². The van der Waals surface area contributed by atoms with E-state index in [0.717, 1.165) is 11.5 Å². The molecule has 2 aromatic rings. The van der Waals surface area contributed by atoms with Gasteiger partial charge >= 0.3 is 0 Å². The molecule has 86 valence electrons. The fraction of sp³-hybridized carbons (Fsp3) is 0.300. The molecule has 0 atom stereocenters. The molecule has 0 aliphatic heterocycles. The molecule has 2 heterocycles. The van der Waals surface area contributed by atoms with Crippen LogP contribution in [0.1, 0.15) is 11.5 Å². The number of rotatable bonds is 4. The van der Waals surface area contributed by atoms with E-state index < -0.39 is 0 Å². The topological polar surface area (TPSA) is 45.6 Å². The molecule has 2 N–H and O–H groups in total. The van der Waals surface area contributed by atoms with Crippen molar-refractivity contribution in [3.05, 3.63) is 40.2 Å². The molecule has 0 aliphatic rings. The summed E-state index contributed by atoms with van der Waals surface area (Å²) in [5.74, 6) is 0.909. The van der Waals surface area contributed by atoms with Crippen molar-refractivity contribution in [3.8, 4) is 0 Å². The summed E-state index contributed by atoms with van der Waals surface area (Å²) in [6.45, 7) is 1.39. The van der Waals surface area contributed by atoms with Crippen LogP contribution in [0.15, 0.2) is 18.5 Å². The molecule has 2 rings (SSSR count). The van der Waals surface area contributed by atoms with Crippen LogP contribution >= 0.6 is 23.2 Å². The average Bonchev–Trinajstić information content (AvgIpc) is 2.85. The molecule has 0 fully saturated rings. The molecule has 6 heteroatoms. The van der Waals surface area contributed by atoms with Crippen molar-refractivity contribution in [2.75, 3.05) is 0 Å². The van der Waals surface area contributed by atoms with Gasteiger partial charge in [-0.2, -0.15) is 0 Å². The minimum atomic E-state index is 0.566. The minimum Gasteiger partial charge on any atom is -0.348 e. The number of H-pyrrole nitrogens is 1. The molecule has 0 aromatic carbocycles. The van der Waals surface area contributed by atoms with Crippen molar-refractivity contribution in [2.24, 2.45) is 7.05 Å². The van der Waals surface area contributed by atoms with Gasteiger partial charge in [-0.05, 0) is 6.07 Å². The Kier molecular flexibility index (Phi) is 3.53. The Labute approximate surface area is 104 Å². The monoisotopic (exact) mass is 258 g/mol. The predicted octanol–water partition coefficient (Wildman–Crippen LogP) is 2.34. The Balaban J connectivity index is 1.92. The first-order chi connectivity index (χ1) is 7.68. The molecule has 4 nitrogen and oxygen atoms in total. The van der Waals surface area contributed by atoms with Gasteiger partial charge in [0.25, 0.3) is 0 Å². The second kappa shape index (κ2) is 4.91. The first-order valence-corrected chi connectivity index (χ1v) is 5.62. The highest BCUT2D eigenvalue weighted by molar-refractivity contribution is 6.41. The highest BCUT2D eigenvalue weighted by Crippen LogP contribution is 2.24. The van der Waals surface area contributed by atoms with Gasteiger partial charge in [0.1, 0.15) is 11.0 Å². The summed E-state index contributed by atoms with van der Waals surface area (Å²) in [5, 5.41) is 4.40. The molecule has 0 saturated carbocycles. The number of halogens is 2. The van der Waals surface area contributed by atoms with Crippen LogP contribution in [-0.4, -0.2) is 14.5 Å². The lowest BCUT2D eigenvalue weighted by molar-refractivity contribution is 0.638. The number of imidazole rings is 1. The number of aromatic amines is 1. The number of hydrogen-bond acceptors (Lipinski definition) is 2. The maximum Gasteiger partial charge on any atom is 0.127 e. The third kappa shape index (κ3) is 2.40. The van der Waals surface area contributed by atoms with E-state index in [-0.39, 0.29) is 0 Å². The normalized spacial score (nSPS) is 10.9. The van der Waals surface area contributed by atoms with Crippen LogP contribution in [-0.2, 0) is 20.1 Å². The summed E-state index contributed by atoms with van der Waals surface area (Å²) in [6, 6.07) is 1.86. The van der Waals surface area contributed by atoms with Crippen molar-refractivity contribution >= 4 is 23.2 Å². The van der Waals surface area contributed by atoms with Gasteiger partial charge in [-0.3, -0.25) is 0 Å². The molecule has 0 amide bonds. The molecular formula is C10H12Cl2N4. The van der Waals surface area contributed by atoms with E-state index in [4.69, 9.17) is 23.2 Å². The van der Waals surface area contributed by atoms with Crippen molar-refractivity contribution in [2.45, 2.75) is 13.1 Å². The summed E-state index contributed by atoms with van der Waals surface area (Å²) < 4.78 is 1.86. The second-order valence-corrected chi connectivity index (χ2v) is 4.24. The first kappa shape index (κ1) is 11.5. The largest absolute Gasteiger partial charge is 0.348 e. The van der Waals surface area contributed by atoms with Gasteiger partial charge in [0.2, 0.25) is 0 Å². The second-order valence-electron chi connectivity index (χ2n) is 3.47. The minimum absolute atomic E-state index is 0.566. The van der Waals surface area contributed by atoms with E-state index in [1.54, 1.807) is 12.4 Å². The van der Waals surface area contributed by atoms with Gasteiger partial charge in [-0.1, -0.05) is 23.2 Å². The molecule has 0 unspecified atom stereocenters. The van der Waals surface area contributed by atoms with Crippen LogP contribution < -0.4 is 5.32 Å². The van der Waals surface area contributed by atoms with E-state index in [1.807, 2.05) is 17.7 Å². The lowest BCUT2D eigenvalue weighted by Gasteiger charge is -2.04. The number of nitrogens with one attached hydrogen (secondary N) is 2. The zero-order valence-corrected chi connectivity index (χ0v) is 10.3. The van der Waals surface area contributed by atoms with Gasteiger partial charge in [0, 0.05) is 31.7 Å². The quantitative estimate of drug-likeness (QED) is 0.885. The van der Waals surface area contributed by atoms with Crippen molar-refractivity contribution in [1.29, 1.82) is 0 Å². The van der Waals surface area contributed by atoms with Crippen LogP contribution in [0.2, 0.25) is 10.2 Å². The summed E-state index contributed by atoms with van der Waals surface area (Å²) in [4.78, 5) is 7.14. The van der Waals surface area contributed by atoms with Crippen molar-refractivity contribution in [3.63, 3.8) is 0 Å². The average molecular weight is 259 g/mol. The highest BCUT2D eigenvalue weighted by atomic mass is 35.5. The number of nitrogens with zero attached hydrogens (tertiary/aromatic N) is 2. The Hall–Kier alpha value is -0.970. The maximum atomic E-state index is 5.96. The van der Waals surface area contributed by atoms with Gasteiger partial charge in [0.05, 0.1) is 11.6 Å². The highest BCUT2D eigenvalue weighted by Gasteiger charge is 2.08. The SMILES string of the molecule is Cn1c(CNCc2ncc[nH]2)cc(Cl)c1Cl. The molecule has 0 radical (unpaired) electrons. The molecule has 2 aromatic heterocycles. The predicted molar refractivity (Wildman–Crippen MR) is 64.6 cm³/mol. The molecular weight excluding hydrogens is 247 g/mol. The fourth-order valence-corrected chi connectivity index (χ4v) is 1.88. The van der Waals surface area contributed by atoms with Crippen LogP contribution in [0.5, 0.6) is 0 Å². The Morgan fingerprint density at radius 3 is 2.81 bits per heavy atom.